The lowest BCUT2D eigenvalue weighted by Gasteiger charge is -2.28. The van der Waals surface area contributed by atoms with Crippen molar-refractivity contribution in [2.45, 2.75) is 19.0 Å². The Labute approximate surface area is 162 Å². The van der Waals surface area contributed by atoms with Crippen molar-refractivity contribution in [1.29, 1.82) is 0 Å². The zero-order chi connectivity index (χ0) is 16.9. The third-order valence-electron chi connectivity index (χ3n) is 3.95. The van der Waals surface area contributed by atoms with Gasteiger partial charge in [0.1, 0.15) is 17.4 Å². The predicted octanol–water partition coefficient (Wildman–Crippen LogP) is 3.77. The maximum absolute atomic E-state index is 13.7. The van der Waals surface area contributed by atoms with Crippen LogP contribution in [-0.4, -0.2) is 19.6 Å². The van der Waals surface area contributed by atoms with Crippen LogP contribution in [0.1, 0.15) is 23.6 Å². The maximum atomic E-state index is 13.7. The van der Waals surface area contributed by atoms with Gasteiger partial charge in [0.25, 0.3) is 0 Å². The van der Waals surface area contributed by atoms with Gasteiger partial charge in [0.2, 0.25) is 0 Å². The molecule has 0 aromatic heterocycles. The molecule has 0 fully saturated rings. The van der Waals surface area contributed by atoms with Crippen LogP contribution in [0, 0.1) is 11.6 Å². The molecular formula is C18H20F2IN3O. The van der Waals surface area contributed by atoms with E-state index in [0.717, 1.165) is 29.9 Å². The summed E-state index contributed by atoms with van der Waals surface area (Å²) in [5.74, 6) is 0.471. The number of para-hydroxylation sites is 1. The number of nitrogens with one attached hydrogen (secondary N) is 2. The Hall–Kier alpha value is -1.90. The SMILES string of the molecule is CN=C(NCc1cc(F)ccc1F)NC1CCOc2ccccc21.I. The minimum atomic E-state index is -0.463. The van der Waals surface area contributed by atoms with E-state index in [2.05, 4.69) is 15.6 Å². The lowest BCUT2D eigenvalue weighted by Crippen LogP contribution is -2.40. The van der Waals surface area contributed by atoms with Gasteiger partial charge in [-0.25, -0.2) is 8.78 Å². The molecule has 0 spiro atoms. The van der Waals surface area contributed by atoms with Crippen molar-refractivity contribution >= 4 is 29.9 Å². The highest BCUT2D eigenvalue weighted by Gasteiger charge is 2.21. The largest absolute Gasteiger partial charge is 0.493 e. The molecule has 0 amide bonds. The average Bonchev–Trinajstić information content (AvgIpc) is 2.61. The van der Waals surface area contributed by atoms with Gasteiger partial charge in [-0.3, -0.25) is 4.99 Å². The summed E-state index contributed by atoms with van der Waals surface area (Å²) in [5, 5.41) is 6.33. The Morgan fingerprint density at radius 1 is 1.24 bits per heavy atom. The van der Waals surface area contributed by atoms with Crippen molar-refractivity contribution in [3.63, 3.8) is 0 Å². The third kappa shape index (κ3) is 4.81. The second-order valence-corrected chi connectivity index (χ2v) is 5.53. The Morgan fingerprint density at radius 2 is 2.04 bits per heavy atom. The summed E-state index contributed by atoms with van der Waals surface area (Å²) in [4.78, 5) is 4.16. The normalized spacial score (nSPS) is 16.3. The molecule has 1 atom stereocenters. The molecule has 3 rings (SSSR count). The summed E-state index contributed by atoms with van der Waals surface area (Å²) >= 11 is 0. The van der Waals surface area contributed by atoms with E-state index in [9.17, 15) is 8.78 Å². The van der Waals surface area contributed by atoms with E-state index in [4.69, 9.17) is 4.74 Å². The molecule has 7 heteroatoms. The number of hydrogen-bond acceptors (Lipinski definition) is 2. The fourth-order valence-electron chi connectivity index (χ4n) is 2.71. The first-order valence-corrected chi connectivity index (χ1v) is 7.80. The van der Waals surface area contributed by atoms with Gasteiger partial charge in [-0.1, -0.05) is 18.2 Å². The van der Waals surface area contributed by atoms with Crippen molar-refractivity contribution in [1.82, 2.24) is 10.6 Å². The molecular weight excluding hydrogens is 439 g/mol. The van der Waals surface area contributed by atoms with Gasteiger partial charge in [0, 0.05) is 31.1 Å². The molecule has 1 unspecified atom stereocenters. The van der Waals surface area contributed by atoms with E-state index in [1.807, 2.05) is 24.3 Å². The highest BCUT2D eigenvalue weighted by molar-refractivity contribution is 14.0. The molecule has 2 N–H and O–H groups in total. The number of nitrogens with zero attached hydrogens (tertiary/aromatic N) is 1. The van der Waals surface area contributed by atoms with Crippen molar-refractivity contribution in [2.75, 3.05) is 13.7 Å². The lowest BCUT2D eigenvalue weighted by atomic mass is 10.0. The minimum absolute atomic E-state index is 0. The average molecular weight is 459 g/mol. The van der Waals surface area contributed by atoms with Crippen LogP contribution in [0.2, 0.25) is 0 Å². The van der Waals surface area contributed by atoms with Crippen LogP contribution in [0.15, 0.2) is 47.5 Å². The van der Waals surface area contributed by atoms with Gasteiger partial charge < -0.3 is 15.4 Å². The topological polar surface area (TPSA) is 45.7 Å². The fourth-order valence-corrected chi connectivity index (χ4v) is 2.71. The van der Waals surface area contributed by atoms with E-state index in [1.165, 1.54) is 6.07 Å². The first kappa shape index (κ1) is 19.4. The lowest BCUT2D eigenvalue weighted by molar-refractivity contribution is 0.261. The van der Waals surface area contributed by atoms with Crippen molar-refractivity contribution in [3.8, 4) is 5.75 Å². The number of ether oxygens (including phenoxy) is 1. The second-order valence-electron chi connectivity index (χ2n) is 5.53. The molecule has 0 saturated carbocycles. The van der Waals surface area contributed by atoms with Crippen LogP contribution in [0.3, 0.4) is 0 Å². The van der Waals surface area contributed by atoms with Crippen molar-refractivity contribution < 1.29 is 13.5 Å². The smallest absolute Gasteiger partial charge is 0.191 e. The van der Waals surface area contributed by atoms with Gasteiger partial charge in [-0.2, -0.15) is 0 Å². The zero-order valence-corrected chi connectivity index (χ0v) is 16.1. The van der Waals surface area contributed by atoms with Crippen LogP contribution < -0.4 is 15.4 Å². The molecule has 25 heavy (non-hydrogen) atoms. The number of halogens is 3. The van der Waals surface area contributed by atoms with Gasteiger partial charge in [0.15, 0.2) is 5.96 Å². The quantitative estimate of drug-likeness (QED) is 0.418. The van der Waals surface area contributed by atoms with E-state index in [0.29, 0.717) is 12.6 Å². The summed E-state index contributed by atoms with van der Waals surface area (Å²) in [7, 11) is 1.64. The summed E-state index contributed by atoms with van der Waals surface area (Å²) in [6.07, 6.45) is 0.798. The molecule has 0 radical (unpaired) electrons. The zero-order valence-electron chi connectivity index (χ0n) is 13.8. The number of aliphatic imine (C=N–C) groups is 1. The number of hydrogen-bond donors (Lipinski definition) is 2. The summed E-state index contributed by atoms with van der Waals surface area (Å²) in [5.41, 5.74) is 1.31. The van der Waals surface area contributed by atoms with Gasteiger partial charge in [-0.05, 0) is 24.3 Å². The first-order chi connectivity index (χ1) is 11.7. The van der Waals surface area contributed by atoms with Gasteiger partial charge in [0.05, 0.1) is 12.6 Å². The Bertz CT molecular complexity index is 755. The number of rotatable bonds is 3. The maximum Gasteiger partial charge on any atom is 0.191 e. The Morgan fingerprint density at radius 3 is 2.84 bits per heavy atom. The van der Waals surface area contributed by atoms with Gasteiger partial charge >= 0.3 is 0 Å². The Balaban J connectivity index is 0.00000225. The van der Waals surface area contributed by atoms with Crippen LogP contribution in [0.25, 0.3) is 0 Å². The van der Waals surface area contributed by atoms with E-state index < -0.39 is 11.6 Å². The molecule has 1 aliphatic rings. The molecule has 134 valence electrons. The monoisotopic (exact) mass is 459 g/mol. The molecule has 0 aliphatic carbocycles. The first-order valence-electron chi connectivity index (χ1n) is 7.80. The number of benzene rings is 2. The summed E-state index contributed by atoms with van der Waals surface area (Å²) in [6.45, 7) is 0.762. The molecule has 2 aromatic carbocycles. The highest BCUT2D eigenvalue weighted by atomic mass is 127. The van der Waals surface area contributed by atoms with E-state index in [-0.39, 0.29) is 42.1 Å². The van der Waals surface area contributed by atoms with Gasteiger partial charge in [-0.15, -0.1) is 24.0 Å². The fraction of sp³-hybridized carbons (Fsp3) is 0.278. The molecule has 0 bridgehead atoms. The van der Waals surface area contributed by atoms with Crippen LogP contribution >= 0.6 is 24.0 Å². The Kier molecular flexibility index (Phi) is 6.98. The number of guanidine groups is 1. The van der Waals surface area contributed by atoms with Crippen LogP contribution in [0.5, 0.6) is 5.75 Å². The molecule has 4 nitrogen and oxygen atoms in total. The number of fused-ring (bicyclic) bond motifs is 1. The third-order valence-corrected chi connectivity index (χ3v) is 3.95. The van der Waals surface area contributed by atoms with Crippen LogP contribution in [-0.2, 0) is 6.54 Å². The van der Waals surface area contributed by atoms with Crippen LogP contribution in [0.4, 0.5) is 8.78 Å². The van der Waals surface area contributed by atoms with E-state index >= 15 is 0 Å². The molecule has 1 aliphatic heterocycles. The summed E-state index contributed by atoms with van der Waals surface area (Å²) in [6, 6.07) is 11.3. The second kappa shape index (κ2) is 8.98. The molecule has 1 heterocycles. The highest BCUT2D eigenvalue weighted by Crippen LogP contribution is 2.31. The summed E-state index contributed by atoms with van der Waals surface area (Å²) < 4.78 is 32.6. The minimum Gasteiger partial charge on any atom is -0.493 e. The van der Waals surface area contributed by atoms with E-state index in [1.54, 1.807) is 7.05 Å². The van der Waals surface area contributed by atoms with Crippen molar-refractivity contribution in [3.05, 3.63) is 65.2 Å². The van der Waals surface area contributed by atoms with Crippen molar-refractivity contribution in [2.24, 2.45) is 4.99 Å². The predicted molar refractivity (Wildman–Crippen MR) is 104 cm³/mol. The molecule has 0 saturated heterocycles. The standard InChI is InChI=1S/C18H19F2N3O.HI/c1-21-18(22-11-12-10-13(19)6-7-15(12)20)23-16-8-9-24-17-5-3-2-4-14(16)17;/h2-7,10,16H,8-9,11H2,1H3,(H2,21,22,23);1H. The molecule has 2 aromatic rings.